The summed E-state index contributed by atoms with van der Waals surface area (Å²) in [6, 6.07) is 7.49. The molecule has 0 aromatic heterocycles. The first-order valence-corrected chi connectivity index (χ1v) is 10.7. The van der Waals surface area contributed by atoms with Crippen LogP contribution in [0, 0.1) is 0 Å². The van der Waals surface area contributed by atoms with Crippen LogP contribution in [0.15, 0.2) is 42.5 Å². The van der Waals surface area contributed by atoms with Crippen LogP contribution in [-0.4, -0.2) is 41.6 Å². The van der Waals surface area contributed by atoms with E-state index in [4.69, 9.17) is 14.2 Å². The van der Waals surface area contributed by atoms with Crippen molar-refractivity contribution >= 4 is 23.6 Å². The van der Waals surface area contributed by atoms with Crippen LogP contribution in [0.2, 0.25) is 0 Å². The molecular weight excluding hydrogens is 469 g/mol. The molecule has 0 radical (unpaired) electrons. The highest BCUT2D eigenvalue weighted by Gasteiger charge is 2.42. The van der Waals surface area contributed by atoms with Gasteiger partial charge in [-0.3, -0.25) is 9.59 Å². The standard InChI is InChI=1S/C24H25F3N2O6/c1-23(2,3)35-22(32)29-18(10-12-20(29)30)21(31)28-17-13-16(9-11-19(17)33-4)34-15-7-5-14(6-8-15)24(25,26)27/h5-9,11,13,18H,10,12H2,1-4H3,(H,28,31). The Balaban J connectivity index is 1.78. The third-order valence-electron chi connectivity index (χ3n) is 4.95. The van der Waals surface area contributed by atoms with Crippen molar-refractivity contribution in [3.05, 3.63) is 48.0 Å². The number of hydrogen-bond donors (Lipinski definition) is 1. The second kappa shape index (κ2) is 9.85. The van der Waals surface area contributed by atoms with Gasteiger partial charge >= 0.3 is 12.3 Å². The number of carbonyl (C=O) groups excluding carboxylic acids is 3. The molecule has 11 heteroatoms. The van der Waals surface area contributed by atoms with E-state index in [1.165, 1.54) is 37.4 Å². The number of methoxy groups -OCH3 is 1. The molecular formula is C24H25F3N2O6. The Morgan fingerprint density at radius 2 is 1.66 bits per heavy atom. The lowest BCUT2D eigenvalue weighted by atomic mass is 10.2. The number of ether oxygens (including phenoxy) is 3. The summed E-state index contributed by atoms with van der Waals surface area (Å²) in [6.45, 7) is 4.94. The van der Waals surface area contributed by atoms with E-state index in [-0.39, 0.29) is 35.8 Å². The molecule has 0 saturated carbocycles. The number of imide groups is 1. The lowest BCUT2D eigenvalue weighted by Crippen LogP contribution is -2.47. The van der Waals surface area contributed by atoms with Gasteiger partial charge in [0.1, 0.15) is 28.9 Å². The zero-order chi connectivity index (χ0) is 26.0. The molecule has 1 fully saturated rings. The number of nitrogens with one attached hydrogen (secondary N) is 1. The maximum Gasteiger partial charge on any atom is 0.417 e. The molecule has 8 nitrogen and oxygen atoms in total. The van der Waals surface area contributed by atoms with E-state index in [9.17, 15) is 27.6 Å². The van der Waals surface area contributed by atoms with E-state index >= 15 is 0 Å². The molecule has 188 valence electrons. The number of amides is 3. The smallest absolute Gasteiger partial charge is 0.417 e. The minimum Gasteiger partial charge on any atom is -0.495 e. The average Bonchev–Trinajstić information content (AvgIpc) is 3.14. The quantitative estimate of drug-likeness (QED) is 0.601. The summed E-state index contributed by atoms with van der Waals surface area (Å²) in [5.41, 5.74) is -1.48. The Kier molecular flexibility index (Phi) is 7.27. The number of likely N-dealkylation sites (tertiary alicyclic amines) is 1. The van der Waals surface area contributed by atoms with Crippen LogP contribution in [0.1, 0.15) is 39.2 Å². The number of carbonyl (C=O) groups is 3. The Morgan fingerprint density at radius 1 is 1.03 bits per heavy atom. The van der Waals surface area contributed by atoms with Crippen LogP contribution in [0.4, 0.5) is 23.7 Å². The average molecular weight is 494 g/mol. The van der Waals surface area contributed by atoms with E-state index in [2.05, 4.69) is 5.32 Å². The lowest BCUT2D eigenvalue weighted by Gasteiger charge is -2.27. The second-order valence-corrected chi connectivity index (χ2v) is 8.77. The van der Waals surface area contributed by atoms with Crippen molar-refractivity contribution in [2.75, 3.05) is 12.4 Å². The SMILES string of the molecule is COc1ccc(Oc2ccc(C(F)(F)F)cc2)cc1NC(=O)C1CCC(=O)N1C(=O)OC(C)(C)C. The van der Waals surface area contributed by atoms with Gasteiger partial charge < -0.3 is 19.5 Å². The highest BCUT2D eigenvalue weighted by atomic mass is 19.4. The van der Waals surface area contributed by atoms with Gasteiger partial charge in [-0.15, -0.1) is 0 Å². The Labute approximate surface area is 199 Å². The minimum atomic E-state index is -4.47. The molecule has 2 aromatic carbocycles. The van der Waals surface area contributed by atoms with Gasteiger partial charge in [-0.25, -0.2) is 9.69 Å². The largest absolute Gasteiger partial charge is 0.495 e. The van der Waals surface area contributed by atoms with E-state index < -0.39 is 41.3 Å². The summed E-state index contributed by atoms with van der Waals surface area (Å²) in [6.07, 6.45) is -5.25. The fourth-order valence-electron chi connectivity index (χ4n) is 3.38. The van der Waals surface area contributed by atoms with Crippen LogP contribution in [0.25, 0.3) is 0 Å². The maximum atomic E-state index is 13.0. The molecule has 3 amide bonds. The third-order valence-corrected chi connectivity index (χ3v) is 4.95. The molecule has 0 bridgehead atoms. The van der Waals surface area contributed by atoms with Crippen LogP contribution in [0.3, 0.4) is 0 Å². The van der Waals surface area contributed by atoms with E-state index in [0.717, 1.165) is 17.0 Å². The van der Waals surface area contributed by atoms with Gasteiger partial charge in [0.15, 0.2) is 0 Å². The summed E-state index contributed by atoms with van der Waals surface area (Å²) in [5.74, 6) is -0.519. The second-order valence-electron chi connectivity index (χ2n) is 8.77. The monoisotopic (exact) mass is 494 g/mol. The predicted octanol–water partition coefficient (Wildman–Crippen LogP) is 5.37. The van der Waals surface area contributed by atoms with Crippen molar-refractivity contribution < 1.29 is 41.8 Å². The molecule has 2 aromatic rings. The molecule has 35 heavy (non-hydrogen) atoms. The van der Waals surface area contributed by atoms with Crippen molar-refractivity contribution in [3.8, 4) is 17.2 Å². The molecule has 0 aliphatic carbocycles. The van der Waals surface area contributed by atoms with Gasteiger partial charge in [0.2, 0.25) is 11.8 Å². The van der Waals surface area contributed by atoms with E-state index in [1.807, 2.05) is 0 Å². The van der Waals surface area contributed by atoms with Crippen molar-refractivity contribution in [3.63, 3.8) is 0 Å². The first kappa shape index (κ1) is 25.9. The van der Waals surface area contributed by atoms with Crippen LogP contribution in [0.5, 0.6) is 17.2 Å². The van der Waals surface area contributed by atoms with Gasteiger partial charge in [0.25, 0.3) is 0 Å². The molecule has 1 N–H and O–H groups in total. The molecule has 1 unspecified atom stereocenters. The van der Waals surface area contributed by atoms with Crippen molar-refractivity contribution in [1.82, 2.24) is 4.90 Å². The summed E-state index contributed by atoms with van der Waals surface area (Å²) in [5, 5.41) is 2.63. The number of rotatable bonds is 5. The van der Waals surface area contributed by atoms with Gasteiger partial charge in [0.05, 0.1) is 18.4 Å². The first-order valence-electron chi connectivity index (χ1n) is 10.7. The molecule has 1 heterocycles. The summed E-state index contributed by atoms with van der Waals surface area (Å²) >= 11 is 0. The number of nitrogens with zero attached hydrogens (tertiary/aromatic N) is 1. The van der Waals surface area contributed by atoms with Gasteiger partial charge in [-0.2, -0.15) is 13.2 Å². The zero-order valence-electron chi connectivity index (χ0n) is 19.6. The molecule has 1 atom stereocenters. The van der Waals surface area contributed by atoms with E-state index in [0.29, 0.717) is 0 Å². The lowest BCUT2D eigenvalue weighted by molar-refractivity contribution is -0.137. The van der Waals surface area contributed by atoms with E-state index in [1.54, 1.807) is 20.8 Å². The Bertz CT molecular complexity index is 1110. The number of benzene rings is 2. The first-order chi connectivity index (χ1) is 16.3. The van der Waals surface area contributed by atoms with Crippen LogP contribution >= 0.6 is 0 Å². The summed E-state index contributed by atoms with van der Waals surface area (Å²) in [7, 11) is 1.38. The molecule has 1 aliphatic heterocycles. The summed E-state index contributed by atoms with van der Waals surface area (Å²) < 4.78 is 54.4. The fraction of sp³-hybridized carbons (Fsp3) is 0.375. The highest BCUT2D eigenvalue weighted by molar-refractivity contribution is 6.05. The Hall–Kier alpha value is -3.76. The molecule has 0 spiro atoms. The normalized spacial score (nSPS) is 16.1. The number of halogens is 3. The zero-order valence-corrected chi connectivity index (χ0v) is 19.6. The predicted molar refractivity (Wildman–Crippen MR) is 119 cm³/mol. The molecule has 1 saturated heterocycles. The number of alkyl halides is 3. The highest BCUT2D eigenvalue weighted by Crippen LogP contribution is 2.34. The maximum absolute atomic E-state index is 13.0. The third kappa shape index (κ3) is 6.43. The van der Waals surface area contributed by atoms with Gasteiger partial charge in [-0.1, -0.05) is 0 Å². The van der Waals surface area contributed by atoms with Crippen molar-refractivity contribution in [2.45, 2.75) is 51.4 Å². The fourth-order valence-corrected chi connectivity index (χ4v) is 3.38. The topological polar surface area (TPSA) is 94.2 Å². The van der Waals surface area contributed by atoms with Gasteiger partial charge in [-0.05, 0) is 63.6 Å². The van der Waals surface area contributed by atoms with Crippen LogP contribution in [-0.2, 0) is 20.5 Å². The van der Waals surface area contributed by atoms with Gasteiger partial charge in [0, 0.05) is 12.5 Å². The molecule has 1 aliphatic rings. The summed E-state index contributed by atoms with van der Waals surface area (Å²) in [4.78, 5) is 38.6. The van der Waals surface area contributed by atoms with Crippen molar-refractivity contribution in [2.24, 2.45) is 0 Å². The number of hydrogen-bond acceptors (Lipinski definition) is 6. The van der Waals surface area contributed by atoms with Crippen LogP contribution < -0.4 is 14.8 Å². The molecule has 3 rings (SSSR count). The number of anilines is 1. The Morgan fingerprint density at radius 3 is 2.23 bits per heavy atom. The van der Waals surface area contributed by atoms with Crippen molar-refractivity contribution in [1.29, 1.82) is 0 Å². The minimum absolute atomic E-state index is 0.00549.